The first-order valence-corrected chi connectivity index (χ1v) is 5.45. The molecule has 0 fully saturated rings. The smallest absolute Gasteiger partial charge is 0.129 e. The van der Waals surface area contributed by atoms with Crippen molar-refractivity contribution in [2.24, 2.45) is 5.41 Å². The third kappa shape index (κ3) is 2.73. The van der Waals surface area contributed by atoms with Gasteiger partial charge in [-0.05, 0) is 24.5 Å². The molecule has 0 aliphatic rings. The van der Waals surface area contributed by atoms with Crippen molar-refractivity contribution in [1.29, 1.82) is 5.26 Å². The molecule has 0 aliphatic carbocycles. The van der Waals surface area contributed by atoms with Gasteiger partial charge in [-0.15, -0.1) is 0 Å². The maximum Gasteiger partial charge on any atom is 0.129 e. The Morgan fingerprint density at radius 3 is 2.56 bits per heavy atom. The van der Waals surface area contributed by atoms with E-state index in [9.17, 15) is 0 Å². The fraction of sp³-hybridized carbons (Fsp3) is 0.538. The zero-order valence-electron chi connectivity index (χ0n) is 10.7. The standard InChI is InChI=1S/C13H19N3/c1-10(13(2,3)4)16(5)12-8-11(9-14)6-7-15-12/h6-8,10H,1-5H3. The molecule has 1 heterocycles. The fourth-order valence-electron chi connectivity index (χ4n) is 1.46. The molecule has 0 aliphatic heterocycles. The van der Waals surface area contributed by atoms with Crippen LogP contribution in [0.15, 0.2) is 18.3 Å². The number of rotatable bonds is 2. The van der Waals surface area contributed by atoms with Gasteiger partial charge in [0.2, 0.25) is 0 Å². The lowest BCUT2D eigenvalue weighted by atomic mass is 9.87. The highest BCUT2D eigenvalue weighted by atomic mass is 15.2. The van der Waals surface area contributed by atoms with Gasteiger partial charge in [-0.3, -0.25) is 0 Å². The average Bonchev–Trinajstić information content (AvgIpc) is 2.26. The largest absolute Gasteiger partial charge is 0.356 e. The SMILES string of the molecule is CC(N(C)c1cc(C#N)ccn1)C(C)(C)C. The van der Waals surface area contributed by atoms with Crippen LogP contribution in [0.3, 0.4) is 0 Å². The first-order chi connectivity index (χ1) is 7.36. The fourth-order valence-corrected chi connectivity index (χ4v) is 1.46. The minimum atomic E-state index is 0.180. The molecule has 1 aromatic heterocycles. The highest BCUT2D eigenvalue weighted by Crippen LogP contribution is 2.26. The highest BCUT2D eigenvalue weighted by molar-refractivity contribution is 5.45. The second-order valence-corrected chi connectivity index (χ2v) is 5.17. The maximum atomic E-state index is 8.85. The van der Waals surface area contributed by atoms with Crippen LogP contribution >= 0.6 is 0 Å². The van der Waals surface area contributed by atoms with E-state index in [0.29, 0.717) is 11.6 Å². The molecule has 0 amide bonds. The van der Waals surface area contributed by atoms with Gasteiger partial charge < -0.3 is 4.90 Å². The van der Waals surface area contributed by atoms with Gasteiger partial charge in [0.15, 0.2) is 0 Å². The first-order valence-electron chi connectivity index (χ1n) is 5.45. The number of anilines is 1. The van der Waals surface area contributed by atoms with Crippen LogP contribution < -0.4 is 4.90 Å². The molecular formula is C13H19N3. The highest BCUT2D eigenvalue weighted by Gasteiger charge is 2.24. The van der Waals surface area contributed by atoms with E-state index >= 15 is 0 Å². The maximum absolute atomic E-state index is 8.85. The van der Waals surface area contributed by atoms with Gasteiger partial charge in [-0.2, -0.15) is 5.26 Å². The summed E-state index contributed by atoms with van der Waals surface area (Å²) in [5, 5.41) is 8.85. The summed E-state index contributed by atoms with van der Waals surface area (Å²) in [6.07, 6.45) is 1.68. The van der Waals surface area contributed by atoms with Crippen LogP contribution in [0, 0.1) is 16.7 Å². The summed E-state index contributed by atoms with van der Waals surface area (Å²) in [6.45, 7) is 8.76. The first kappa shape index (κ1) is 12.5. The Morgan fingerprint density at radius 2 is 2.06 bits per heavy atom. The number of hydrogen-bond donors (Lipinski definition) is 0. The lowest BCUT2D eigenvalue weighted by molar-refractivity contribution is 0.328. The summed E-state index contributed by atoms with van der Waals surface area (Å²) in [7, 11) is 2.01. The number of nitrogens with zero attached hydrogens (tertiary/aromatic N) is 3. The van der Waals surface area contributed by atoms with Crippen molar-refractivity contribution in [1.82, 2.24) is 4.98 Å². The Balaban J connectivity index is 2.97. The molecule has 0 saturated heterocycles. The second-order valence-electron chi connectivity index (χ2n) is 5.17. The Morgan fingerprint density at radius 1 is 1.44 bits per heavy atom. The molecule has 0 radical (unpaired) electrons. The van der Waals surface area contributed by atoms with E-state index in [1.54, 1.807) is 12.3 Å². The van der Waals surface area contributed by atoms with Gasteiger partial charge in [0.05, 0.1) is 11.6 Å². The number of pyridine rings is 1. The van der Waals surface area contributed by atoms with Gasteiger partial charge in [0.25, 0.3) is 0 Å². The topological polar surface area (TPSA) is 39.9 Å². The van der Waals surface area contributed by atoms with Gasteiger partial charge in [0.1, 0.15) is 5.82 Å². The monoisotopic (exact) mass is 217 g/mol. The average molecular weight is 217 g/mol. The molecule has 0 aromatic carbocycles. The van der Waals surface area contributed by atoms with Gasteiger partial charge in [0, 0.05) is 19.3 Å². The Labute approximate surface area is 97.7 Å². The zero-order valence-corrected chi connectivity index (χ0v) is 10.7. The van der Waals surface area contributed by atoms with Crippen LogP contribution in [0.2, 0.25) is 0 Å². The quantitative estimate of drug-likeness (QED) is 0.764. The minimum Gasteiger partial charge on any atom is -0.356 e. The molecule has 1 aromatic rings. The van der Waals surface area contributed by atoms with E-state index in [4.69, 9.17) is 5.26 Å². The zero-order chi connectivity index (χ0) is 12.3. The lowest BCUT2D eigenvalue weighted by Crippen LogP contribution is -2.39. The Hall–Kier alpha value is -1.56. The molecule has 0 saturated carbocycles. The van der Waals surface area contributed by atoms with Gasteiger partial charge in [-0.1, -0.05) is 20.8 Å². The molecule has 1 unspecified atom stereocenters. The van der Waals surface area contributed by atoms with Gasteiger partial charge in [-0.25, -0.2) is 4.98 Å². The van der Waals surface area contributed by atoms with E-state index in [1.807, 2.05) is 13.1 Å². The predicted molar refractivity (Wildman–Crippen MR) is 66.3 cm³/mol. The minimum absolute atomic E-state index is 0.180. The van der Waals surface area contributed by atoms with Crippen molar-refractivity contribution in [3.63, 3.8) is 0 Å². The molecule has 0 N–H and O–H groups in total. The number of nitriles is 1. The predicted octanol–water partition coefficient (Wildman–Crippen LogP) is 2.82. The van der Waals surface area contributed by atoms with E-state index in [-0.39, 0.29) is 5.41 Å². The van der Waals surface area contributed by atoms with E-state index in [2.05, 4.69) is 43.6 Å². The van der Waals surface area contributed by atoms with Crippen molar-refractivity contribution in [2.75, 3.05) is 11.9 Å². The van der Waals surface area contributed by atoms with Crippen molar-refractivity contribution >= 4 is 5.82 Å². The Kier molecular flexibility index (Phi) is 3.54. The Bertz CT molecular complexity index is 398. The lowest BCUT2D eigenvalue weighted by Gasteiger charge is -2.36. The summed E-state index contributed by atoms with van der Waals surface area (Å²) < 4.78 is 0. The van der Waals surface area contributed by atoms with Crippen molar-refractivity contribution in [2.45, 2.75) is 33.7 Å². The number of aromatic nitrogens is 1. The van der Waals surface area contributed by atoms with Crippen molar-refractivity contribution < 1.29 is 0 Å². The van der Waals surface area contributed by atoms with E-state index < -0.39 is 0 Å². The van der Waals surface area contributed by atoms with E-state index in [1.165, 1.54) is 0 Å². The second kappa shape index (κ2) is 4.52. The molecular weight excluding hydrogens is 198 g/mol. The summed E-state index contributed by atoms with van der Waals surface area (Å²) >= 11 is 0. The summed E-state index contributed by atoms with van der Waals surface area (Å²) in [5.41, 5.74) is 0.831. The van der Waals surface area contributed by atoms with Crippen LogP contribution in [0.25, 0.3) is 0 Å². The molecule has 1 rings (SSSR count). The van der Waals surface area contributed by atoms with Crippen LogP contribution in [0.4, 0.5) is 5.82 Å². The summed E-state index contributed by atoms with van der Waals surface area (Å²) in [6, 6.07) is 6.03. The third-order valence-electron chi connectivity index (χ3n) is 3.07. The van der Waals surface area contributed by atoms with Crippen LogP contribution in [-0.2, 0) is 0 Å². The molecule has 16 heavy (non-hydrogen) atoms. The summed E-state index contributed by atoms with van der Waals surface area (Å²) in [5.74, 6) is 0.849. The van der Waals surface area contributed by atoms with Crippen molar-refractivity contribution in [3.8, 4) is 6.07 Å². The molecule has 86 valence electrons. The molecule has 0 spiro atoms. The number of hydrogen-bond acceptors (Lipinski definition) is 3. The van der Waals surface area contributed by atoms with E-state index in [0.717, 1.165) is 5.82 Å². The van der Waals surface area contributed by atoms with Crippen LogP contribution in [-0.4, -0.2) is 18.1 Å². The third-order valence-corrected chi connectivity index (χ3v) is 3.07. The molecule has 0 bridgehead atoms. The molecule has 1 atom stereocenters. The van der Waals surface area contributed by atoms with Gasteiger partial charge >= 0.3 is 0 Å². The molecule has 3 heteroatoms. The van der Waals surface area contributed by atoms with Crippen molar-refractivity contribution in [3.05, 3.63) is 23.9 Å². The van der Waals surface area contributed by atoms with Crippen LogP contribution in [0.5, 0.6) is 0 Å². The van der Waals surface area contributed by atoms with Crippen LogP contribution in [0.1, 0.15) is 33.3 Å². The normalized spacial score (nSPS) is 13.0. The molecule has 3 nitrogen and oxygen atoms in total. The summed E-state index contributed by atoms with van der Waals surface area (Å²) in [4.78, 5) is 6.41.